The maximum Gasteiger partial charge on any atom is 0.338 e. The van der Waals surface area contributed by atoms with E-state index in [2.05, 4.69) is 11.9 Å². The van der Waals surface area contributed by atoms with Gasteiger partial charge in [-0.05, 0) is 50.5 Å². The van der Waals surface area contributed by atoms with Crippen molar-refractivity contribution in [1.29, 1.82) is 0 Å². The molecular weight excluding hydrogens is 352 g/mol. The van der Waals surface area contributed by atoms with Crippen molar-refractivity contribution in [2.75, 3.05) is 20.2 Å². The first kappa shape index (κ1) is 21.5. The first-order valence-electron chi connectivity index (χ1n) is 9.69. The molecule has 0 radical (unpaired) electrons. The zero-order valence-corrected chi connectivity index (χ0v) is 17.5. The molecule has 0 atom stereocenters. The summed E-state index contributed by atoms with van der Waals surface area (Å²) in [7, 11) is 1.96. The van der Waals surface area contributed by atoms with Gasteiger partial charge in [0.25, 0.3) is 0 Å². The molecule has 0 aliphatic rings. The van der Waals surface area contributed by atoms with Crippen LogP contribution in [-0.4, -0.2) is 37.4 Å². The van der Waals surface area contributed by atoms with E-state index in [-0.39, 0.29) is 12.6 Å². The van der Waals surface area contributed by atoms with Gasteiger partial charge in [0, 0.05) is 13.6 Å². The van der Waals surface area contributed by atoms with Crippen molar-refractivity contribution in [2.24, 2.45) is 4.99 Å². The van der Waals surface area contributed by atoms with Gasteiger partial charge in [0.15, 0.2) is 0 Å². The third-order valence-corrected chi connectivity index (χ3v) is 4.37. The predicted octanol–water partition coefficient (Wildman–Crippen LogP) is 5.06. The summed E-state index contributed by atoms with van der Waals surface area (Å²) in [5.74, 6) is 0.233. The van der Waals surface area contributed by atoms with Crippen LogP contribution in [0.25, 0.3) is 0 Å². The van der Waals surface area contributed by atoms with Gasteiger partial charge in [0.05, 0.1) is 18.5 Å². The second-order valence-corrected chi connectivity index (χ2v) is 6.86. The minimum absolute atomic E-state index is 0.241. The number of aryl methyl sites for hydroxylation is 2. The highest BCUT2D eigenvalue weighted by atomic mass is 16.5. The lowest BCUT2D eigenvalue weighted by molar-refractivity contribution is 0.0471. The second kappa shape index (κ2) is 10.5. The van der Waals surface area contributed by atoms with Crippen LogP contribution in [0, 0.1) is 13.8 Å². The minimum Gasteiger partial charge on any atom is -0.491 e. The number of benzene rings is 2. The Balaban J connectivity index is 2.21. The average molecular weight is 383 g/mol. The summed E-state index contributed by atoms with van der Waals surface area (Å²) < 4.78 is 11.3. The van der Waals surface area contributed by atoms with Gasteiger partial charge in [-0.15, -0.1) is 0 Å². The molecule has 0 N–H and O–H groups in total. The molecular formula is C23H30N2O3. The maximum atomic E-state index is 12.6. The highest BCUT2D eigenvalue weighted by Gasteiger charge is 2.16. The quantitative estimate of drug-likeness (QED) is 0.345. The molecule has 0 aliphatic heterocycles. The fourth-order valence-electron chi connectivity index (χ4n) is 2.47. The van der Waals surface area contributed by atoms with Crippen molar-refractivity contribution >= 4 is 18.0 Å². The van der Waals surface area contributed by atoms with Crippen LogP contribution >= 0.6 is 0 Å². The number of esters is 1. The number of nitrogens with zero attached hydrogens (tertiary/aromatic N) is 2. The van der Waals surface area contributed by atoms with E-state index in [0.29, 0.717) is 23.6 Å². The molecule has 0 unspecified atom stereocenters. The van der Waals surface area contributed by atoms with Gasteiger partial charge in [-0.1, -0.05) is 36.8 Å². The van der Waals surface area contributed by atoms with Crippen LogP contribution in [0.15, 0.2) is 41.4 Å². The predicted molar refractivity (Wildman–Crippen MR) is 114 cm³/mol. The van der Waals surface area contributed by atoms with Crippen molar-refractivity contribution < 1.29 is 14.3 Å². The maximum absolute atomic E-state index is 12.6. The molecule has 0 aromatic heterocycles. The summed E-state index contributed by atoms with van der Waals surface area (Å²) in [6.07, 6.45) is 2.64. The Kier molecular flexibility index (Phi) is 8.05. The van der Waals surface area contributed by atoms with Gasteiger partial charge >= 0.3 is 5.97 Å². The largest absolute Gasteiger partial charge is 0.491 e. The molecule has 28 heavy (non-hydrogen) atoms. The SMILES string of the molecule is CCCOc1cc(C(=O)OCc2ccc(C)cc2)c(C)cc1/N=C/N(C)CC. The molecule has 0 spiro atoms. The van der Waals surface area contributed by atoms with Crippen LogP contribution < -0.4 is 4.74 Å². The fourth-order valence-corrected chi connectivity index (χ4v) is 2.47. The molecule has 2 aromatic carbocycles. The molecule has 0 fully saturated rings. The molecule has 2 aromatic rings. The van der Waals surface area contributed by atoms with E-state index < -0.39 is 0 Å². The van der Waals surface area contributed by atoms with Crippen LogP contribution in [0.2, 0.25) is 0 Å². The Morgan fingerprint density at radius 3 is 2.50 bits per heavy atom. The molecule has 0 bridgehead atoms. The van der Waals surface area contributed by atoms with Crippen LogP contribution in [-0.2, 0) is 11.3 Å². The lowest BCUT2D eigenvalue weighted by atomic mass is 10.1. The summed E-state index contributed by atoms with van der Waals surface area (Å²) >= 11 is 0. The molecule has 0 aliphatic carbocycles. The topological polar surface area (TPSA) is 51.1 Å². The minimum atomic E-state index is -0.361. The van der Waals surface area contributed by atoms with E-state index in [0.717, 1.165) is 24.1 Å². The van der Waals surface area contributed by atoms with Gasteiger partial charge in [-0.25, -0.2) is 9.79 Å². The molecule has 0 heterocycles. The average Bonchev–Trinajstić information content (AvgIpc) is 2.70. The normalized spacial score (nSPS) is 10.9. The molecule has 0 saturated carbocycles. The molecule has 2 rings (SSSR count). The molecule has 0 amide bonds. The van der Waals surface area contributed by atoms with E-state index in [4.69, 9.17) is 9.47 Å². The zero-order chi connectivity index (χ0) is 20.5. The van der Waals surface area contributed by atoms with Crippen LogP contribution in [0.1, 0.15) is 47.3 Å². The third-order valence-electron chi connectivity index (χ3n) is 4.37. The van der Waals surface area contributed by atoms with Gasteiger partial charge in [0.1, 0.15) is 18.0 Å². The van der Waals surface area contributed by atoms with E-state index in [1.54, 1.807) is 12.4 Å². The van der Waals surface area contributed by atoms with Crippen molar-refractivity contribution in [3.05, 3.63) is 58.7 Å². The lowest BCUT2D eigenvalue weighted by Crippen LogP contribution is -2.14. The highest BCUT2D eigenvalue weighted by Crippen LogP contribution is 2.31. The van der Waals surface area contributed by atoms with Gasteiger partial charge in [0.2, 0.25) is 0 Å². The summed E-state index contributed by atoms with van der Waals surface area (Å²) in [6, 6.07) is 11.5. The van der Waals surface area contributed by atoms with E-state index in [1.807, 2.05) is 63.1 Å². The standard InChI is InChI=1S/C23H30N2O3/c1-6-12-27-22-14-20(18(4)13-21(22)24-16-25(5)7-2)23(26)28-15-19-10-8-17(3)9-11-19/h8-11,13-14,16H,6-7,12,15H2,1-5H3/b24-16+. The fraction of sp³-hybridized carbons (Fsp3) is 0.391. The molecule has 5 nitrogen and oxygen atoms in total. The Morgan fingerprint density at radius 2 is 1.86 bits per heavy atom. The molecule has 150 valence electrons. The van der Waals surface area contributed by atoms with Crippen molar-refractivity contribution in [3.63, 3.8) is 0 Å². The highest BCUT2D eigenvalue weighted by molar-refractivity contribution is 5.92. The molecule has 0 saturated heterocycles. The van der Waals surface area contributed by atoms with Crippen molar-refractivity contribution in [1.82, 2.24) is 4.90 Å². The Labute approximate surface area is 168 Å². The van der Waals surface area contributed by atoms with Crippen molar-refractivity contribution in [2.45, 2.75) is 40.7 Å². The summed E-state index contributed by atoms with van der Waals surface area (Å²) in [5.41, 5.74) is 4.16. The smallest absolute Gasteiger partial charge is 0.338 e. The van der Waals surface area contributed by atoms with Crippen LogP contribution in [0.3, 0.4) is 0 Å². The van der Waals surface area contributed by atoms with Gasteiger partial charge in [-0.2, -0.15) is 0 Å². The lowest BCUT2D eigenvalue weighted by Gasteiger charge is -2.14. The first-order valence-corrected chi connectivity index (χ1v) is 9.69. The number of rotatable bonds is 9. The van der Waals surface area contributed by atoms with Crippen molar-refractivity contribution in [3.8, 4) is 5.75 Å². The number of hydrogen-bond donors (Lipinski definition) is 0. The number of ether oxygens (including phenoxy) is 2. The summed E-state index contributed by atoms with van der Waals surface area (Å²) in [5, 5.41) is 0. The Hall–Kier alpha value is -2.82. The molecule has 5 heteroatoms. The number of aliphatic imine (C=N–C) groups is 1. The van der Waals surface area contributed by atoms with Gasteiger partial charge < -0.3 is 14.4 Å². The van der Waals surface area contributed by atoms with Crippen LogP contribution in [0.5, 0.6) is 5.75 Å². The monoisotopic (exact) mass is 382 g/mol. The second-order valence-electron chi connectivity index (χ2n) is 6.86. The van der Waals surface area contributed by atoms with E-state index >= 15 is 0 Å². The zero-order valence-electron chi connectivity index (χ0n) is 17.5. The third kappa shape index (κ3) is 6.12. The Bertz CT molecular complexity index is 813. The van der Waals surface area contributed by atoms with Crippen LogP contribution in [0.4, 0.5) is 5.69 Å². The van der Waals surface area contributed by atoms with Gasteiger partial charge in [-0.3, -0.25) is 0 Å². The van der Waals surface area contributed by atoms with E-state index in [9.17, 15) is 4.79 Å². The van der Waals surface area contributed by atoms with E-state index in [1.165, 1.54) is 5.56 Å². The Morgan fingerprint density at radius 1 is 1.14 bits per heavy atom. The summed E-state index contributed by atoms with van der Waals surface area (Å²) in [4.78, 5) is 19.1. The number of hydrogen-bond acceptors (Lipinski definition) is 4. The summed E-state index contributed by atoms with van der Waals surface area (Å²) in [6.45, 7) is 9.67. The number of carbonyl (C=O) groups excluding carboxylic acids is 1. The first-order chi connectivity index (χ1) is 13.4. The number of carbonyl (C=O) groups is 1.